The van der Waals surface area contributed by atoms with Gasteiger partial charge in [-0.2, -0.15) is 18.3 Å². The molecule has 2 amide bonds. The smallest absolute Gasteiger partial charge is 0.417 e. The molecular weight excluding hydrogens is 501 g/mol. The number of alkyl halides is 3. The number of pyridine rings is 2. The summed E-state index contributed by atoms with van der Waals surface area (Å²) in [4.78, 5) is 35.4. The highest BCUT2D eigenvalue weighted by Crippen LogP contribution is 2.31. The minimum atomic E-state index is -4.54. The van der Waals surface area contributed by atoms with E-state index in [-0.39, 0.29) is 47.5 Å². The zero-order chi connectivity index (χ0) is 25.4. The predicted octanol–water partition coefficient (Wildman–Crippen LogP) is 3.79. The Morgan fingerprint density at radius 3 is 2.83 bits per heavy atom. The van der Waals surface area contributed by atoms with Gasteiger partial charge in [-0.25, -0.2) is 0 Å². The molecule has 1 aliphatic rings. The van der Waals surface area contributed by atoms with Crippen molar-refractivity contribution in [3.63, 3.8) is 0 Å². The van der Waals surface area contributed by atoms with Crippen LogP contribution in [0, 0.1) is 0 Å². The Labute approximate surface area is 206 Å². The summed E-state index contributed by atoms with van der Waals surface area (Å²) in [6.07, 6.45) is -0.258. The van der Waals surface area contributed by atoms with Crippen LogP contribution in [0.4, 0.5) is 13.2 Å². The highest BCUT2D eigenvalue weighted by atomic mass is 35.5. The molecule has 0 bridgehead atoms. The Morgan fingerprint density at radius 1 is 1.22 bits per heavy atom. The Kier molecular flexibility index (Phi) is 6.12. The Balaban J connectivity index is 1.22. The van der Waals surface area contributed by atoms with Crippen molar-refractivity contribution in [3.05, 3.63) is 75.8 Å². The lowest BCUT2D eigenvalue weighted by molar-refractivity contribution is -0.137. The second kappa shape index (κ2) is 9.26. The molecule has 2 N–H and O–H groups in total. The second-order valence-electron chi connectivity index (χ2n) is 8.15. The van der Waals surface area contributed by atoms with E-state index in [9.17, 15) is 22.8 Å². The molecule has 9 nitrogen and oxygen atoms in total. The van der Waals surface area contributed by atoms with Gasteiger partial charge in [0.2, 0.25) is 0 Å². The molecule has 0 saturated heterocycles. The molecule has 13 heteroatoms. The van der Waals surface area contributed by atoms with Gasteiger partial charge in [-0.05, 0) is 24.6 Å². The van der Waals surface area contributed by atoms with E-state index in [0.717, 1.165) is 6.07 Å². The maximum Gasteiger partial charge on any atom is 0.417 e. The number of hydrogen-bond acceptors (Lipinski definition) is 6. The summed E-state index contributed by atoms with van der Waals surface area (Å²) in [5.74, 6) is -0.700. The van der Waals surface area contributed by atoms with Crippen LogP contribution in [-0.2, 0) is 25.6 Å². The van der Waals surface area contributed by atoms with Crippen molar-refractivity contribution in [3.8, 4) is 0 Å². The standard InChI is InChI=1S/C23H18ClF3N6O3/c24-15-9-12(23(25,26)27)10-30-16(15)1-5-29-21(34)19-13-3-7-33(11-17(13)31-32-19)22(35)20-14-4-8-36-18(14)2-6-28-20/h2,4,6,8-10H,1,3,5,7,11H2,(H,29,34)(H,31,32). The molecule has 0 unspecified atom stereocenters. The summed E-state index contributed by atoms with van der Waals surface area (Å²) in [5.41, 5.74) is 1.72. The molecule has 4 aromatic heterocycles. The normalized spacial score (nSPS) is 13.6. The van der Waals surface area contributed by atoms with Gasteiger partial charge in [-0.1, -0.05) is 11.6 Å². The Morgan fingerprint density at radius 2 is 2.06 bits per heavy atom. The van der Waals surface area contributed by atoms with E-state index in [4.69, 9.17) is 16.0 Å². The Hall–Kier alpha value is -3.93. The summed E-state index contributed by atoms with van der Waals surface area (Å²) in [5, 5.41) is 10.1. The SMILES string of the molecule is O=C(NCCc1ncc(C(F)(F)F)cc1Cl)c1n[nH]c2c1CCN(C(=O)c1nccc3occc13)C2. The molecule has 4 aromatic rings. The van der Waals surface area contributed by atoms with Crippen LogP contribution < -0.4 is 5.32 Å². The highest BCUT2D eigenvalue weighted by Gasteiger charge is 2.32. The maximum atomic E-state index is 13.1. The monoisotopic (exact) mass is 518 g/mol. The number of nitrogens with zero attached hydrogens (tertiary/aromatic N) is 4. The Bertz CT molecular complexity index is 1470. The second-order valence-corrected chi connectivity index (χ2v) is 8.56. The molecule has 186 valence electrons. The quantitative estimate of drug-likeness (QED) is 0.415. The topological polar surface area (TPSA) is 117 Å². The minimum Gasteiger partial charge on any atom is -0.464 e. The summed E-state index contributed by atoms with van der Waals surface area (Å²) in [6, 6.07) is 4.18. The molecule has 5 rings (SSSR count). The lowest BCUT2D eigenvalue weighted by Crippen LogP contribution is -2.37. The number of aromatic amines is 1. The first-order valence-corrected chi connectivity index (χ1v) is 11.3. The van der Waals surface area contributed by atoms with Crippen LogP contribution in [-0.4, -0.2) is 50.0 Å². The molecule has 5 heterocycles. The number of fused-ring (bicyclic) bond motifs is 2. The van der Waals surface area contributed by atoms with Gasteiger partial charge in [0.25, 0.3) is 11.8 Å². The fourth-order valence-electron chi connectivity index (χ4n) is 4.08. The zero-order valence-electron chi connectivity index (χ0n) is 18.5. The number of halogens is 4. The maximum absolute atomic E-state index is 13.1. The van der Waals surface area contributed by atoms with Gasteiger partial charge in [-0.3, -0.25) is 24.7 Å². The molecule has 0 atom stereocenters. The van der Waals surface area contributed by atoms with E-state index in [1.165, 1.54) is 12.5 Å². The number of carbonyl (C=O) groups excluding carboxylic acids is 2. The molecular formula is C23H18ClF3N6O3. The summed E-state index contributed by atoms with van der Waals surface area (Å²) in [7, 11) is 0. The number of aromatic nitrogens is 4. The van der Waals surface area contributed by atoms with Gasteiger partial charge in [0.05, 0.1) is 40.2 Å². The van der Waals surface area contributed by atoms with Crippen LogP contribution in [0.1, 0.15) is 43.5 Å². The van der Waals surface area contributed by atoms with E-state index >= 15 is 0 Å². The lowest BCUT2D eigenvalue weighted by atomic mass is 10.0. The average Bonchev–Trinajstić information content (AvgIpc) is 3.50. The minimum absolute atomic E-state index is 0.101. The third-order valence-electron chi connectivity index (χ3n) is 5.91. The molecule has 0 radical (unpaired) electrons. The van der Waals surface area contributed by atoms with E-state index in [2.05, 4.69) is 25.5 Å². The summed E-state index contributed by atoms with van der Waals surface area (Å²) >= 11 is 5.92. The van der Waals surface area contributed by atoms with Crippen LogP contribution in [0.15, 0.2) is 41.3 Å². The van der Waals surface area contributed by atoms with Gasteiger partial charge in [-0.15, -0.1) is 0 Å². The third-order valence-corrected chi connectivity index (χ3v) is 6.24. The van der Waals surface area contributed by atoms with Crippen LogP contribution in [0.3, 0.4) is 0 Å². The first kappa shape index (κ1) is 23.8. The number of furan rings is 1. The van der Waals surface area contributed by atoms with E-state index in [0.29, 0.717) is 41.4 Å². The number of carbonyl (C=O) groups is 2. The molecule has 0 fully saturated rings. The molecule has 0 aliphatic carbocycles. The molecule has 0 spiro atoms. The number of hydrogen-bond donors (Lipinski definition) is 2. The van der Waals surface area contributed by atoms with Gasteiger partial charge in [0.15, 0.2) is 5.69 Å². The summed E-state index contributed by atoms with van der Waals surface area (Å²) < 4.78 is 43.6. The van der Waals surface area contributed by atoms with E-state index in [1.807, 2.05) is 0 Å². The van der Waals surface area contributed by atoms with Crippen LogP contribution >= 0.6 is 11.6 Å². The molecule has 36 heavy (non-hydrogen) atoms. The van der Waals surface area contributed by atoms with Crippen molar-refractivity contribution in [2.45, 2.75) is 25.6 Å². The predicted molar refractivity (Wildman–Crippen MR) is 121 cm³/mol. The molecule has 0 aromatic carbocycles. The average molecular weight is 519 g/mol. The molecule has 1 aliphatic heterocycles. The van der Waals surface area contributed by atoms with Gasteiger partial charge in [0.1, 0.15) is 11.3 Å². The van der Waals surface area contributed by atoms with Crippen molar-refractivity contribution in [1.29, 1.82) is 0 Å². The van der Waals surface area contributed by atoms with Crippen LogP contribution in [0.5, 0.6) is 0 Å². The fourth-order valence-corrected chi connectivity index (χ4v) is 4.34. The number of rotatable bonds is 5. The first-order chi connectivity index (χ1) is 17.2. The van der Waals surface area contributed by atoms with Crippen molar-refractivity contribution in [1.82, 2.24) is 30.4 Å². The van der Waals surface area contributed by atoms with Crippen molar-refractivity contribution >= 4 is 34.4 Å². The number of nitrogens with one attached hydrogen (secondary N) is 2. The van der Waals surface area contributed by atoms with E-state index in [1.54, 1.807) is 17.0 Å². The van der Waals surface area contributed by atoms with Crippen LogP contribution in [0.25, 0.3) is 11.0 Å². The molecule has 0 saturated carbocycles. The van der Waals surface area contributed by atoms with Gasteiger partial charge in [0, 0.05) is 37.5 Å². The fraction of sp³-hybridized carbons (Fsp3) is 0.261. The number of amides is 2. The van der Waals surface area contributed by atoms with Crippen LogP contribution in [0.2, 0.25) is 5.02 Å². The van der Waals surface area contributed by atoms with Crippen molar-refractivity contribution in [2.75, 3.05) is 13.1 Å². The first-order valence-electron chi connectivity index (χ1n) is 10.9. The zero-order valence-corrected chi connectivity index (χ0v) is 19.3. The highest BCUT2D eigenvalue weighted by molar-refractivity contribution is 6.31. The van der Waals surface area contributed by atoms with Crippen molar-refractivity contribution in [2.24, 2.45) is 0 Å². The third kappa shape index (κ3) is 4.51. The number of H-pyrrole nitrogens is 1. The van der Waals surface area contributed by atoms with Gasteiger partial charge >= 0.3 is 6.18 Å². The lowest BCUT2D eigenvalue weighted by Gasteiger charge is -2.26. The van der Waals surface area contributed by atoms with Crippen molar-refractivity contribution < 1.29 is 27.2 Å². The summed E-state index contributed by atoms with van der Waals surface area (Å²) in [6.45, 7) is 0.700. The largest absolute Gasteiger partial charge is 0.464 e. The van der Waals surface area contributed by atoms with Gasteiger partial charge < -0.3 is 14.6 Å². The van der Waals surface area contributed by atoms with E-state index < -0.39 is 17.6 Å².